The van der Waals surface area contributed by atoms with Gasteiger partial charge in [0.25, 0.3) is 0 Å². The van der Waals surface area contributed by atoms with E-state index in [2.05, 4.69) is 45.5 Å². The van der Waals surface area contributed by atoms with Crippen LogP contribution in [0.4, 0.5) is 27.5 Å². The van der Waals surface area contributed by atoms with E-state index in [9.17, 15) is 19.2 Å². The molecule has 0 aliphatic heterocycles. The molecule has 0 saturated carbocycles. The van der Waals surface area contributed by atoms with E-state index in [-0.39, 0.29) is 11.3 Å². The molecule has 0 atom stereocenters. The van der Waals surface area contributed by atoms with E-state index < -0.39 is 17.8 Å². The molecule has 5 aromatic carbocycles. The zero-order chi connectivity index (χ0) is 32.5. The van der Waals surface area contributed by atoms with Crippen molar-refractivity contribution in [2.24, 2.45) is 11.5 Å². The van der Waals surface area contributed by atoms with Gasteiger partial charge in [-0.15, -0.1) is 0 Å². The van der Waals surface area contributed by atoms with Crippen LogP contribution in [0.5, 0.6) is 0 Å². The summed E-state index contributed by atoms with van der Waals surface area (Å²) in [5.41, 5.74) is 26.1. The maximum absolute atomic E-state index is 12.6. The third-order valence-electron chi connectivity index (χ3n) is 7.07. The largest absolute Gasteiger partial charge is 0.397 e. The summed E-state index contributed by atoms with van der Waals surface area (Å²) in [4.78, 5) is 44.7. The van der Waals surface area contributed by atoms with Gasteiger partial charge in [0, 0.05) is 24.2 Å². The van der Waals surface area contributed by atoms with Crippen LogP contribution in [0.15, 0.2) is 84.9 Å². The SMILES string of the molecule is CNCc1c2ccccc2c(CNC(=O)Nc2ccc(C(N)=O)cc2N)c2ccccc12.NC(=O)c1ccc(NC=O)c(N)c1. The van der Waals surface area contributed by atoms with E-state index in [1.165, 1.54) is 35.9 Å². The Morgan fingerprint density at radius 3 is 1.51 bits per heavy atom. The van der Waals surface area contributed by atoms with Crippen molar-refractivity contribution in [2.75, 3.05) is 29.1 Å². The van der Waals surface area contributed by atoms with Crippen LogP contribution in [0, 0.1) is 0 Å². The maximum atomic E-state index is 12.6. The Morgan fingerprint density at radius 2 is 1.11 bits per heavy atom. The van der Waals surface area contributed by atoms with Gasteiger partial charge in [0.2, 0.25) is 18.2 Å². The molecule has 5 rings (SSSR count). The fourth-order valence-electron chi connectivity index (χ4n) is 4.94. The minimum Gasteiger partial charge on any atom is -0.397 e. The van der Waals surface area contributed by atoms with E-state index in [1.54, 1.807) is 6.07 Å². The molecule has 0 radical (unpaired) electrons. The van der Waals surface area contributed by atoms with Crippen LogP contribution in [0.1, 0.15) is 31.8 Å². The summed E-state index contributed by atoms with van der Waals surface area (Å²) >= 11 is 0. The number of urea groups is 1. The molecule has 5 aromatic rings. The summed E-state index contributed by atoms with van der Waals surface area (Å²) in [6.45, 7) is 1.09. The molecule has 0 fully saturated rings. The molecule has 0 aliphatic rings. The van der Waals surface area contributed by atoms with Crippen molar-refractivity contribution in [3.63, 3.8) is 0 Å². The number of nitrogen functional groups attached to an aromatic ring is 2. The average molecular weight is 607 g/mol. The fraction of sp³-hybridized carbons (Fsp3) is 0.0909. The number of nitrogens with one attached hydrogen (secondary N) is 4. The van der Waals surface area contributed by atoms with Crippen LogP contribution >= 0.6 is 0 Å². The number of hydrogen-bond donors (Lipinski definition) is 8. The van der Waals surface area contributed by atoms with E-state index in [0.29, 0.717) is 35.6 Å². The summed E-state index contributed by atoms with van der Waals surface area (Å²) in [5, 5.41) is 15.8. The molecular formula is C33H34N8O4. The molecule has 0 aliphatic carbocycles. The molecule has 0 heterocycles. The van der Waals surface area contributed by atoms with E-state index in [0.717, 1.165) is 33.7 Å². The van der Waals surface area contributed by atoms with Crippen molar-refractivity contribution < 1.29 is 19.2 Å². The Labute approximate surface area is 259 Å². The molecule has 0 saturated heterocycles. The van der Waals surface area contributed by atoms with Gasteiger partial charge in [-0.05, 0) is 76.1 Å². The van der Waals surface area contributed by atoms with Gasteiger partial charge in [0.1, 0.15) is 0 Å². The van der Waals surface area contributed by atoms with E-state index >= 15 is 0 Å². The highest BCUT2D eigenvalue weighted by atomic mass is 16.2. The van der Waals surface area contributed by atoms with Crippen molar-refractivity contribution in [3.8, 4) is 0 Å². The van der Waals surface area contributed by atoms with Gasteiger partial charge in [-0.3, -0.25) is 14.4 Å². The van der Waals surface area contributed by atoms with Crippen LogP contribution in [-0.4, -0.2) is 31.3 Å². The van der Waals surface area contributed by atoms with E-state index in [4.69, 9.17) is 22.9 Å². The summed E-state index contributed by atoms with van der Waals surface area (Å²) in [6.07, 6.45) is 0.510. The number of fused-ring (bicyclic) bond motifs is 2. The van der Waals surface area contributed by atoms with Crippen LogP contribution in [0.25, 0.3) is 21.5 Å². The van der Waals surface area contributed by atoms with Gasteiger partial charge < -0.3 is 44.2 Å². The Bertz CT molecular complexity index is 1850. The molecule has 230 valence electrons. The minimum atomic E-state index is -0.576. The van der Waals surface area contributed by atoms with Crippen LogP contribution < -0.4 is 44.2 Å². The van der Waals surface area contributed by atoms with Crippen molar-refractivity contribution >= 4 is 68.6 Å². The average Bonchev–Trinajstić information content (AvgIpc) is 3.03. The summed E-state index contributed by atoms with van der Waals surface area (Å²) < 4.78 is 0. The molecule has 12 heteroatoms. The smallest absolute Gasteiger partial charge is 0.319 e. The standard InChI is InChI=1S/C25H25N5O2.C8H9N3O2/c1-28-13-20-16-6-2-4-8-18(16)21(19-9-5-3-7-17(19)20)14-29-25(32)30-23-11-10-15(24(27)31)12-22(23)26;9-6-3-5(8(10)13)1-2-7(6)11-4-12/h2-12,28H,13-14,26H2,1H3,(H2,27,31)(H2,29,30,32);1-4H,9H2,(H2,10,13)(H,11,12). The summed E-state index contributed by atoms with van der Waals surface area (Å²) in [6, 6.07) is 25.0. The van der Waals surface area contributed by atoms with Crippen LogP contribution in [-0.2, 0) is 17.9 Å². The number of amides is 5. The van der Waals surface area contributed by atoms with Gasteiger partial charge in [-0.2, -0.15) is 0 Å². The number of anilines is 4. The number of hydrogen-bond acceptors (Lipinski definition) is 7. The molecule has 0 aromatic heterocycles. The van der Waals surface area contributed by atoms with Gasteiger partial charge in [-0.1, -0.05) is 48.5 Å². The van der Waals surface area contributed by atoms with Gasteiger partial charge in [-0.25, -0.2) is 4.79 Å². The summed E-state index contributed by atoms with van der Waals surface area (Å²) in [7, 11) is 1.94. The lowest BCUT2D eigenvalue weighted by Crippen LogP contribution is -2.29. The highest BCUT2D eigenvalue weighted by Gasteiger charge is 2.14. The van der Waals surface area contributed by atoms with Gasteiger partial charge in [0.15, 0.2) is 0 Å². The molecular weight excluding hydrogens is 572 g/mol. The first-order valence-corrected chi connectivity index (χ1v) is 13.8. The van der Waals surface area contributed by atoms with Crippen LogP contribution in [0.3, 0.4) is 0 Å². The highest BCUT2D eigenvalue weighted by molar-refractivity contribution is 6.06. The first-order valence-electron chi connectivity index (χ1n) is 13.8. The summed E-state index contributed by atoms with van der Waals surface area (Å²) in [5.74, 6) is -1.13. The molecule has 12 nitrogen and oxygen atoms in total. The van der Waals surface area contributed by atoms with Gasteiger partial charge >= 0.3 is 6.03 Å². The van der Waals surface area contributed by atoms with Crippen molar-refractivity contribution in [1.29, 1.82) is 0 Å². The normalized spacial score (nSPS) is 10.4. The molecule has 5 amide bonds. The predicted molar refractivity (Wildman–Crippen MR) is 179 cm³/mol. The van der Waals surface area contributed by atoms with E-state index in [1.807, 2.05) is 31.3 Å². The second-order valence-corrected chi connectivity index (χ2v) is 9.98. The monoisotopic (exact) mass is 606 g/mol. The Hall–Kier alpha value is -6.14. The first-order chi connectivity index (χ1) is 21.6. The second-order valence-electron chi connectivity index (χ2n) is 9.98. The predicted octanol–water partition coefficient (Wildman–Crippen LogP) is 3.65. The Morgan fingerprint density at radius 1 is 0.667 bits per heavy atom. The molecule has 45 heavy (non-hydrogen) atoms. The lowest BCUT2D eigenvalue weighted by Gasteiger charge is -2.17. The van der Waals surface area contributed by atoms with Crippen molar-refractivity contribution in [2.45, 2.75) is 13.1 Å². The number of carbonyl (C=O) groups is 4. The highest BCUT2D eigenvalue weighted by Crippen LogP contribution is 2.33. The number of benzene rings is 5. The quantitative estimate of drug-likeness (QED) is 0.0706. The third kappa shape index (κ3) is 7.45. The zero-order valence-corrected chi connectivity index (χ0v) is 24.5. The number of primary amides is 2. The topological polar surface area (TPSA) is 220 Å². The van der Waals surface area contributed by atoms with Crippen molar-refractivity contribution in [3.05, 3.63) is 107 Å². The third-order valence-corrected chi connectivity index (χ3v) is 7.07. The lowest BCUT2D eigenvalue weighted by molar-refractivity contribution is -0.105. The number of nitrogens with two attached hydrogens (primary N) is 4. The molecule has 0 spiro atoms. The van der Waals surface area contributed by atoms with Crippen molar-refractivity contribution in [1.82, 2.24) is 10.6 Å². The lowest BCUT2D eigenvalue weighted by atomic mass is 9.91. The number of carbonyl (C=O) groups excluding carboxylic acids is 4. The second kappa shape index (κ2) is 14.4. The Kier molecular flexibility index (Phi) is 10.1. The maximum Gasteiger partial charge on any atom is 0.319 e. The first kappa shape index (κ1) is 31.8. The zero-order valence-electron chi connectivity index (χ0n) is 24.5. The van der Waals surface area contributed by atoms with Gasteiger partial charge in [0.05, 0.1) is 22.7 Å². The van der Waals surface area contributed by atoms with Crippen LogP contribution in [0.2, 0.25) is 0 Å². The Balaban J connectivity index is 0.000000297. The fourth-order valence-corrected chi connectivity index (χ4v) is 4.94. The minimum absolute atomic E-state index is 0.267. The molecule has 12 N–H and O–H groups in total. The molecule has 0 unspecified atom stereocenters. The number of rotatable bonds is 9. The molecule has 0 bridgehead atoms.